The van der Waals surface area contributed by atoms with Crippen molar-refractivity contribution in [3.63, 3.8) is 0 Å². The SMILES string of the molecule is CONCc1ccc2c(c1)OCC1(CC1)CO2. The Hall–Kier alpha value is -1.26. The number of hydroxylamine groups is 1. The zero-order valence-electron chi connectivity index (χ0n) is 9.99. The van der Waals surface area contributed by atoms with Gasteiger partial charge in [-0.15, -0.1) is 0 Å². The van der Waals surface area contributed by atoms with Gasteiger partial charge in [0.1, 0.15) is 0 Å². The number of nitrogens with one attached hydrogen (secondary N) is 1. The first-order valence-corrected chi connectivity index (χ1v) is 5.96. The summed E-state index contributed by atoms with van der Waals surface area (Å²) in [6, 6.07) is 6.02. The molecule has 1 aromatic rings. The monoisotopic (exact) mass is 235 g/mol. The Morgan fingerprint density at radius 1 is 1.24 bits per heavy atom. The van der Waals surface area contributed by atoms with Gasteiger partial charge in [-0.2, -0.15) is 5.48 Å². The number of benzene rings is 1. The van der Waals surface area contributed by atoms with Crippen molar-refractivity contribution < 1.29 is 14.3 Å². The fraction of sp³-hybridized carbons (Fsp3) is 0.538. The summed E-state index contributed by atoms with van der Waals surface area (Å²) in [5, 5.41) is 0. The van der Waals surface area contributed by atoms with Gasteiger partial charge in [0.05, 0.1) is 20.3 Å². The minimum atomic E-state index is 0.296. The molecule has 1 aliphatic carbocycles. The van der Waals surface area contributed by atoms with Crippen LogP contribution in [0.15, 0.2) is 18.2 Å². The van der Waals surface area contributed by atoms with E-state index in [0.29, 0.717) is 12.0 Å². The first-order chi connectivity index (χ1) is 8.31. The molecular weight excluding hydrogens is 218 g/mol. The Bertz CT molecular complexity index is 415. The van der Waals surface area contributed by atoms with Crippen LogP contribution < -0.4 is 15.0 Å². The molecular formula is C13H17NO3. The third-order valence-corrected chi connectivity index (χ3v) is 3.45. The van der Waals surface area contributed by atoms with E-state index in [4.69, 9.17) is 14.3 Å². The molecule has 1 saturated carbocycles. The van der Waals surface area contributed by atoms with E-state index < -0.39 is 0 Å². The van der Waals surface area contributed by atoms with Crippen molar-refractivity contribution in [1.29, 1.82) is 0 Å². The van der Waals surface area contributed by atoms with E-state index in [-0.39, 0.29) is 0 Å². The normalized spacial score (nSPS) is 20.1. The quantitative estimate of drug-likeness (QED) is 0.812. The minimum Gasteiger partial charge on any atom is -0.489 e. The van der Waals surface area contributed by atoms with Gasteiger partial charge in [0, 0.05) is 12.0 Å². The topological polar surface area (TPSA) is 39.7 Å². The first-order valence-electron chi connectivity index (χ1n) is 5.96. The molecule has 1 N–H and O–H groups in total. The van der Waals surface area contributed by atoms with Gasteiger partial charge in [0.15, 0.2) is 11.5 Å². The molecule has 1 spiro atoms. The minimum absolute atomic E-state index is 0.296. The maximum atomic E-state index is 5.85. The molecule has 2 aliphatic rings. The predicted octanol–water partition coefficient (Wildman–Crippen LogP) is 1.89. The van der Waals surface area contributed by atoms with E-state index >= 15 is 0 Å². The van der Waals surface area contributed by atoms with Crippen LogP contribution in [0.5, 0.6) is 11.5 Å². The maximum absolute atomic E-state index is 5.85. The molecule has 0 unspecified atom stereocenters. The van der Waals surface area contributed by atoms with Gasteiger partial charge in [-0.1, -0.05) is 6.07 Å². The van der Waals surface area contributed by atoms with Crippen molar-refractivity contribution in [3.8, 4) is 11.5 Å². The van der Waals surface area contributed by atoms with E-state index in [1.165, 1.54) is 12.8 Å². The van der Waals surface area contributed by atoms with Crippen LogP contribution in [-0.4, -0.2) is 20.3 Å². The summed E-state index contributed by atoms with van der Waals surface area (Å²) in [6.07, 6.45) is 2.44. The van der Waals surface area contributed by atoms with Crippen LogP contribution >= 0.6 is 0 Å². The van der Waals surface area contributed by atoms with Crippen LogP contribution in [0, 0.1) is 5.41 Å². The van der Waals surface area contributed by atoms with Crippen LogP contribution in [0.4, 0.5) is 0 Å². The molecule has 0 saturated heterocycles. The third-order valence-electron chi connectivity index (χ3n) is 3.45. The summed E-state index contributed by atoms with van der Waals surface area (Å²) >= 11 is 0. The summed E-state index contributed by atoms with van der Waals surface area (Å²) in [5.74, 6) is 1.71. The molecule has 0 amide bonds. The number of ether oxygens (including phenoxy) is 2. The van der Waals surface area contributed by atoms with Crippen LogP contribution in [0.3, 0.4) is 0 Å². The predicted molar refractivity (Wildman–Crippen MR) is 62.9 cm³/mol. The summed E-state index contributed by atoms with van der Waals surface area (Å²) < 4.78 is 11.7. The third kappa shape index (κ3) is 2.23. The second-order valence-corrected chi connectivity index (χ2v) is 4.88. The van der Waals surface area contributed by atoms with Gasteiger partial charge in [-0.3, -0.25) is 0 Å². The Balaban J connectivity index is 1.76. The van der Waals surface area contributed by atoms with Crippen LogP contribution in [-0.2, 0) is 11.4 Å². The lowest BCUT2D eigenvalue weighted by Crippen LogP contribution is -2.17. The lowest BCUT2D eigenvalue weighted by atomic mass is 10.1. The Labute approximate surface area is 101 Å². The average Bonchev–Trinajstić information content (AvgIpc) is 3.15. The zero-order chi connectivity index (χ0) is 11.7. The summed E-state index contributed by atoms with van der Waals surface area (Å²) in [5.41, 5.74) is 4.24. The van der Waals surface area contributed by atoms with Crippen molar-refractivity contribution in [2.24, 2.45) is 5.41 Å². The molecule has 1 heterocycles. The van der Waals surface area contributed by atoms with E-state index in [1.54, 1.807) is 7.11 Å². The largest absolute Gasteiger partial charge is 0.489 e. The molecule has 92 valence electrons. The summed E-state index contributed by atoms with van der Waals surface area (Å²) in [6.45, 7) is 2.23. The molecule has 3 rings (SSSR count). The van der Waals surface area contributed by atoms with E-state index in [2.05, 4.69) is 5.48 Å². The smallest absolute Gasteiger partial charge is 0.161 e. The molecule has 0 bridgehead atoms. The van der Waals surface area contributed by atoms with Crippen molar-refractivity contribution >= 4 is 0 Å². The van der Waals surface area contributed by atoms with Gasteiger partial charge >= 0.3 is 0 Å². The molecule has 1 aliphatic heterocycles. The average molecular weight is 235 g/mol. The Kier molecular flexibility index (Phi) is 2.68. The van der Waals surface area contributed by atoms with Gasteiger partial charge < -0.3 is 14.3 Å². The molecule has 4 nitrogen and oxygen atoms in total. The molecule has 17 heavy (non-hydrogen) atoms. The highest BCUT2D eigenvalue weighted by molar-refractivity contribution is 5.43. The molecule has 1 fully saturated rings. The zero-order valence-corrected chi connectivity index (χ0v) is 9.99. The van der Waals surface area contributed by atoms with Gasteiger partial charge in [-0.05, 0) is 30.5 Å². The maximum Gasteiger partial charge on any atom is 0.161 e. The lowest BCUT2D eigenvalue weighted by molar-refractivity contribution is 0.0866. The van der Waals surface area contributed by atoms with Crippen LogP contribution in [0.1, 0.15) is 18.4 Å². The lowest BCUT2D eigenvalue weighted by Gasteiger charge is -2.09. The van der Waals surface area contributed by atoms with Gasteiger partial charge in [0.25, 0.3) is 0 Å². The second-order valence-electron chi connectivity index (χ2n) is 4.88. The van der Waals surface area contributed by atoms with E-state index in [0.717, 1.165) is 30.3 Å². The van der Waals surface area contributed by atoms with E-state index in [1.807, 2.05) is 18.2 Å². The Morgan fingerprint density at radius 2 is 2.00 bits per heavy atom. The first kappa shape index (κ1) is 10.9. The van der Waals surface area contributed by atoms with E-state index in [9.17, 15) is 0 Å². The van der Waals surface area contributed by atoms with Gasteiger partial charge in [-0.25, -0.2) is 0 Å². The number of hydrogen-bond donors (Lipinski definition) is 1. The molecule has 0 atom stereocenters. The van der Waals surface area contributed by atoms with Crippen molar-refractivity contribution in [2.45, 2.75) is 19.4 Å². The van der Waals surface area contributed by atoms with Gasteiger partial charge in [0.2, 0.25) is 0 Å². The molecule has 1 aromatic carbocycles. The van der Waals surface area contributed by atoms with Crippen LogP contribution in [0.25, 0.3) is 0 Å². The highest BCUT2D eigenvalue weighted by Crippen LogP contribution is 2.49. The number of hydrogen-bond acceptors (Lipinski definition) is 4. The summed E-state index contributed by atoms with van der Waals surface area (Å²) in [7, 11) is 1.61. The fourth-order valence-electron chi connectivity index (χ4n) is 2.02. The number of fused-ring (bicyclic) bond motifs is 1. The molecule has 0 aromatic heterocycles. The standard InChI is InChI=1S/C13H17NO3/c1-15-14-7-10-2-3-11-12(6-10)17-9-13(4-5-13)8-16-11/h2-3,6,14H,4-5,7-9H2,1H3. The molecule has 4 heteroatoms. The summed E-state index contributed by atoms with van der Waals surface area (Å²) in [4.78, 5) is 4.84. The number of rotatable bonds is 3. The second kappa shape index (κ2) is 4.20. The van der Waals surface area contributed by atoms with Crippen molar-refractivity contribution in [3.05, 3.63) is 23.8 Å². The highest BCUT2D eigenvalue weighted by atomic mass is 16.6. The fourth-order valence-corrected chi connectivity index (χ4v) is 2.02. The van der Waals surface area contributed by atoms with Crippen molar-refractivity contribution in [1.82, 2.24) is 5.48 Å². The van der Waals surface area contributed by atoms with Crippen LogP contribution in [0.2, 0.25) is 0 Å². The Morgan fingerprint density at radius 3 is 2.71 bits per heavy atom. The van der Waals surface area contributed by atoms with Crippen molar-refractivity contribution in [2.75, 3.05) is 20.3 Å². The highest BCUT2D eigenvalue weighted by Gasteiger charge is 2.46. The molecule has 0 radical (unpaired) electrons.